The Bertz CT molecular complexity index is 1390. The third-order valence-corrected chi connectivity index (χ3v) is 8.71. The second-order valence-electron chi connectivity index (χ2n) is 10.4. The highest BCUT2D eigenvalue weighted by molar-refractivity contribution is 5.85. The number of ether oxygens (including phenoxy) is 1. The number of rotatable bonds is 6. The van der Waals surface area contributed by atoms with Gasteiger partial charge in [-0.1, -0.05) is 48.5 Å². The summed E-state index contributed by atoms with van der Waals surface area (Å²) in [5.74, 6) is 1.87. The molecule has 2 bridgehead atoms. The van der Waals surface area contributed by atoms with Crippen LogP contribution in [0, 0.1) is 11.8 Å². The number of aliphatic hydroxyl groups is 1. The van der Waals surface area contributed by atoms with Crippen LogP contribution in [0.5, 0.6) is 5.75 Å². The molecule has 3 aliphatic rings. The van der Waals surface area contributed by atoms with Crippen LogP contribution in [-0.4, -0.2) is 40.8 Å². The molecule has 3 aromatic carbocycles. The Morgan fingerprint density at radius 2 is 1.97 bits per heavy atom. The quantitative estimate of drug-likeness (QED) is 0.279. The summed E-state index contributed by atoms with van der Waals surface area (Å²) in [6, 6.07) is 23.3. The van der Waals surface area contributed by atoms with Gasteiger partial charge in [0.05, 0.1) is 25.7 Å². The van der Waals surface area contributed by atoms with Gasteiger partial charge in [0.1, 0.15) is 24.4 Å². The average molecular weight is 466 g/mol. The lowest BCUT2D eigenvalue weighted by Gasteiger charge is -2.58. The molecule has 4 heteroatoms. The monoisotopic (exact) mass is 465 g/mol. The van der Waals surface area contributed by atoms with Gasteiger partial charge < -0.3 is 14.3 Å². The van der Waals surface area contributed by atoms with Crippen molar-refractivity contribution >= 4 is 21.7 Å². The summed E-state index contributed by atoms with van der Waals surface area (Å²) in [6.45, 7) is 7.23. The lowest BCUT2D eigenvalue weighted by molar-refractivity contribution is -0.984. The highest BCUT2D eigenvalue weighted by Gasteiger charge is 2.54. The summed E-state index contributed by atoms with van der Waals surface area (Å²) >= 11 is 0. The number of benzene rings is 3. The van der Waals surface area contributed by atoms with Crippen LogP contribution < -0.4 is 4.74 Å². The molecule has 4 aromatic rings. The van der Waals surface area contributed by atoms with Gasteiger partial charge in [-0.3, -0.25) is 4.98 Å². The van der Waals surface area contributed by atoms with Crippen molar-refractivity contribution in [2.45, 2.75) is 31.5 Å². The summed E-state index contributed by atoms with van der Waals surface area (Å²) in [4.78, 5) is 4.55. The zero-order valence-electron chi connectivity index (χ0n) is 20.3. The number of pyridine rings is 1. The van der Waals surface area contributed by atoms with Crippen molar-refractivity contribution < 1.29 is 14.3 Å². The van der Waals surface area contributed by atoms with E-state index in [0.717, 1.165) is 52.8 Å². The summed E-state index contributed by atoms with van der Waals surface area (Å²) in [5, 5.41) is 15.6. The van der Waals surface area contributed by atoms with E-state index in [1.807, 2.05) is 30.5 Å². The molecule has 5 unspecified atom stereocenters. The van der Waals surface area contributed by atoms with E-state index in [-0.39, 0.29) is 6.04 Å². The Hall–Kier alpha value is -3.21. The van der Waals surface area contributed by atoms with Crippen LogP contribution in [0.4, 0.5) is 0 Å². The van der Waals surface area contributed by atoms with E-state index in [4.69, 9.17) is 4.74 Å². The molecule has 1 aromatic heterocycles. The van der Waals surface area contributed by atoms with Crippen molar-refractivity contribution in [1.82, 2.24) is 4.98 Å². The van der Waals surface area contributed by atoms with Gasteiger partial charge in [0.2, 0.25) is 0 Å². The standard InChI is InChI=1S/C31H33N2O2/c1-3-21-19-33(20-24-9-6-8-22-7-4-5-10-26(22)24)16-14-23(21)17-30(33)31(34)27-13-15-32-29-12-11-25(35-2)18-28(27)29/h3-13,15,18,21,23,30-31,34H,1,14,16-17,19-20H2,2H3/q+1. The molecule has 0 saturated carbocycles. The summed E-state index contributed by atoms with van der Waals surface area (Å²) < 4.78 is 6.39. The first-order chi connectivity index (χ1) is 17.1. The van der Waals surface area contributed by atoms with E-state index in [0.29, 0.717) is 11.8 Å². The number of aromatic nitrogens is 1. The Kier molecular flexibility index (Phi) is 5.58. The van der Waals surface area contributed by atoms with Crippen LogP contribution in [0.3, 0.4) is 0 Å². The van der Waals surface area contributed by atoms with Crippen molar-refractivity contribution in [2.75, 3.05) is 20.2 Å². The van der Waals surface area contributed by atoms with Crippen LogP contribution >= 0.6 is 0 Å². The van der Waals surface area contributed by atoms with E-state index < -0.39 is 6.10 Å². The zero-order valence-corrected chi connectivity index (χ0v) is 20.3. The normalized spacial score (nSPS) is 26.6. The number of nitrogens with zero attached hydrogens (tertiary/aromatic N) is 2. The van der Waals surface area contributed by atoms with Crippen LogP contribution in [0.15, 0.2) is 85.6 Å². The summed E-state index contributed by atoms with van der Waals surface area (Å²) in [7, 11) is 1.68. The highest BCUT2D eigenvalue weighted by atomic mass is 16.5. The van der Waals surface area contributed by atoms with E-state index in [2.05, 4.69) is 60.1 Å². The van der Waals surface area contributed by atoms with E-state index >= 15 is 0 Å². The fourth-order valence-corrected chi connectivity index (χ4v) is 6.89. The molecular formula is C31H33N2O2+. The molecule has 1 N–H and O–H groups in total. The first-order valence-corrected chi connectivity index (χ1v) is 12.7. The van der Waals surface area contributed by atoms with E-state index in [1.54, 1.807) is 7.11 Å². The minimum absolute atomic E-state index is 0.126. The number of fused-ring (bicyclic) bond motifs is 5. The fraction of sp³-hybridized carbons (Fsp3) is 0.323. The maximum atomic E-state index is 12.0. The second kappa shape index (κ2) is 8.78. The lowest BCUT2D eigenvalue weighted by atomic mass is 9.71. The molecule has 4 heterocycles. The SMILES string of the molecule is C=CC1C[N+]2(Cc3cccc4ccccc34)CCC1CC2C(O)c1ccnc2ccc(OC)cc12. The van der Waals surface area contributed by atoms with Crippen molar-refractivity contribution in [3.63, 3.8) is 0 Å². The van der Waals surface area contributed by atoms with Crippen molar-refractivity contribution in [3.05, 3.63) is 96.7 Å². The molecular weight excluding hydrogens is 432 g/mol. The smallest absolute Gasteiger partial charge is 0.131 e. The fourth-order valence-electron chi connectivity index (χ4n) is 6.89. The van der Waals surface area contributed by atoms with Gasteiger partial charge in [0.25, 0.3) is 0 Å². The van der Waals surface area contributed by atoms with Crippen LogP contribution in [-0.2, 0) is 6.54 Å². The first kappa shape index (κ1) is 22.3. The molecule has 3 aliphatic heterocycles. The molecule has 35 heavy (non-hydrogen) atoms. The Morgan fingerprint density at radius 1 is 1.11 bits per heavy atom. The summed E-state index contributed by atoms with van der Waals surface area (Å²) in [6.07, 6.45) is 5.61. The average Bonchev–Trinajstić information content (AvgIpc) is 2.92. The van der Waals surface area contributed by atoms with Gasteiger partial charge in [-0.15, -0.1) is 6.58 Å². The van der Waals surface area contributed by atoms with Crippen molar-refractivity contribution in [1.29, 1.82) is 0 Å². The van der Waals surface area contributed by atoms with Crippen molar-refractivity contribution in [3.8, 4) is 5.75 Å². The van der Waals surface area contributed by atoms with Crippen LogP contribution in [0.25, 0.3) is 21.7 Å². The van der Waals surface area contributed by atoms with Crippen molar-refractivity contribution in [2.24, 2.45) is 11.8 Å². The maximum Gasteiger partial charge on any atom is 0.131 e. The lowest BCUT2D eigenvalue weighted by Crippen LogP contribution is -2.67. The minimum atomic E-state index is -0.573. The van der Waals surface area contributed by atoms with Gasteiger partial charge in [-0.05, 0) is 46.5 Å². The maximum absolute atomic E-state index is 12.0. The van der Waals surface area contributed by atoms with Gasteiger partial charge in [0, 0.05) is 35.9 Å². The van der Waals surface area contributed by atoms with Gasteiger partial charge in [0.15, 0.2) is 0 Å². The number of hydrogen-bond acceptors (Lipinski definition) is 3. The van der Waals surface area contributed by atoms with E-state index in [1.165, 1.54) is 22.8 Å². The predicted molar refractivity (Wildman–Crippen MR) is 141 cm³/mol. The number of hydrogen-bond donors (Lipinski definition) is 1. The van der Waals surface area contributed by atoms with Crippen LogP contribution in [0.1, 0.15) is 30.1 Å². The molecule has 0 amide bonds. The number of methoxy groups -OCH3 is 1. The highest BCUT2D eigenvalue weighted by Crippen LogP contribution is 2.48. The molecule has 178 valence electrons. The molecule has 0 aliphatic carbocycles. The molecule has 0 spiro atoms. The van der Waals surface area contributed by atoms with Gasteiger partial charge in [-0.2, -0.15) is 0 Å². The minimum Gasteiger partial charge on any atom is -0.497 e. The van der Waals surface area contributed by atoms with Crippen LogP contribution in [0.2, 0.25) is 0 Å². The Labute approximate surface area is 207 Å². The molecule has 0 radical (unpaired) electrons. The number of aliphatic hydroxyl groups excluding tert-OH is 1. The molecule has 7 rings (SSSR count). The molecule has 4 nitrogen and oxygen atoms in total. The zero-order chi connectivity index (χ0) is 24.0. The summed E-state index contributed by atoms with van der Waals surface area (Å²) in [5.41, 5.74) is 3.21. The van der Waals surface area contributed by atoms with Gasteiger partial charge >= 0.3 is 0 Å². The topological polar surface area (TPSA) is 42.4 Å². The Morgan fingerprint density at radius 3 is 2.83 bits per heavy atom. The first-order valence-electron chi connectivity index (χ1n) is 12.7. The largest absolute Gasteiger partial charge is 0.497 e. The number of quaternary nitrogens is 1. The molecule has 3 fully saturated rings. The molecule has 5 atom stereocenters. The second-order valence-corrected chi connectivity index (χ2v) is 10.4. The third kappa shape index (κ3) is 3.72. The third-order valence-electron chi connectivity index (χ3n) is 8.71. The Balaban J connectivity index is 1.44. The molecule has 3 saturated heterocycles. The van der Waals surface area contributed by atoms with Gasteiger partial charge in [-0.25, -0.2) is 0 Å². The number of piperidine rings is 3. The predicted octanol–water partition coefficient (Wildman–Crippen LogP) is 6.04. The van der Waals surface area contributed by atoms with E-state index in [9.17, 15) is 5.11 Å².